The maximum Gasteiger partial charge on any atom is 0.182 e. The minimum absolute atomic E-state index is 0.615. The molecule has 0 atom stereocenters. The van der Waals surface area contributed by atoms with Crippen LogP contribution in [0, 0.1) is 0 Å². The van der Waals surface area contributed by atoms with Crippen molar-refractivity contribution in [2.75, 3.05) is 5.32 Å². The van der Waals surface area contributed by atoms with E-state index >= 15 is 0 Å². The van der Waals surface area contributed by atoms with E-state index in [4.69, 9.17) is 12.2 Å². The Balaban J connectivity index is 1.98. The van der Waals surface area contributed by atoms with Crippen molar-refractivity contribution in [3.63, 3.8) is 0 Å². The smallest absolute Gasteiger partial charge is 0.182 e. The van der Waals surface area contributed by atoms with Gasteiger partial charge in [-0.15, -0.1) is 0 Å². The zero-order valence-electron chi connectivity index (χ0n) is 9.58. The van der Waals surface area contributed by atoms with Crippen molar-refractivity contribution in [1.29, 1.82) is 0 Å². The molecule has 3 nitrogen and oxygen atoms in total. The Morgan fingerprint density at radius 3 is 2.78 bits per heavy atom. The van der Waals surface area contributed by atoms with Crippen molar-refractivity contribution in [3.05, 3.63) is 61.2 Å². The summed E-state index contributed by atoms with van der Waals surface area (Å²) in [6.45, 7) is 0. The van der Waals surface area contributed by atoms with Crippen LogP contribution < -0.4 is 5.32 Å². The summed E-state index contributed by atoms with van der Waals surface area (Å²) in [5, 5.41) is 6.20. The van der Waals surface area contributed by atoms with E-state index in [1.165, 1.54) is 5.39 Å². The third-order valence-electron chi connectivity index (χ3n) is 2.77. The highest BCUT2D eigenvalue weighted by atomic mass is 32.1. The molecular formula is C14H11N3S. The molecule has 0 aliphatic carbocycles. The lowest BCUT2D eigenvalue weighted by molar-refractivity contribution is 1.15. The van der Waals surface area contributed by atoms with Crippen LogP contribution in [0.25, 0.3) is 10.8 Å². The number of benzene rings is 2. The Kier molecular flexibility index (Phi) is 2.78. The number of nitrogens with zero attached hydrogens (tertiary/aromatic N) is 2. The van der Waals surface area contributed by atoms with Crippen LogP contribution in [0.4, 0.5) is 5.69 Å². The minimum Gasteiger partial charge on any atom is -0.331 e. The topological polar surface area (TPSA) is 29.9 Å². The van der Waals surface area contributed by atoms with Crippen LogP contribution in [-0.2, 0) is 0 Å². The van der Waals surface area contributed by atoms with E-state index in [-0.39, 0.29) is 0 Å². The number of fused-ring (bicyclic) bond motifs is 1. The summed E-state index contributed by atoms with van der Waals surface area (Å²) in [6, 6.07) is 14.3. The molecule has 0 unspecified atom stereocenters. The van der Waals surface area contributed by atoms with E-state index in [2.05, 4.69) is 28.5 Å². The number of hydrogen-bond acceptors (Lipinski definition) is 2. The quantitative estimate of drug-likeness (QED) is 0.675. The molecule has 1 N–H and O–H groups in total. The van der Waals surface area contributed by atoms with E-state index in [9.17, 15) is 0 Å². The molecule has 0 aliphatic rings. The van der Waals surface area contributed by atoms with E-state index in [1.807, 2.05) is 30.5 Å². The second kappa shape index (κ2) is 4.58. The van der Waals surface area contributed by atoms with Gasteiger partial charge in [0, 0.05) is 23.5 Å². The predicted octanol–water partition coefficient (Wildman–Crippen LogP) is 3.28. The number of thiocarbonyl (C=S) groups is 1. The fourth-order valence-electron chi connectivity index (χ4n) is 1.89. The van der Waals surface area contributed by atoms with Gasteiger partial charge in [0.2, 0.25) is 0 Å². The number of anilines is 1. The molecular weight excluding hydrogens is 242 g/mol. The Bertz CT molecular complexity index is 684. The third kappa shape index (κ3) is 1.98. The molecule has 3 rings (SSSR count). The average molecular weight is 253 g/mol. The highest BCUT2D eigenvalue weighted by Gasteiger charge is 2.03. The van der Waals surface area contributed by atoms with Crippen molar-refractivity contribution in [2.24, 2.45) is 0 Å². The van der Waals surface area contributed by atoms with Crippen LogP contribution in [-0.4, -0.2) is 14.7 Å². The van der Waals surface area contributed by atoms with Crippen molar-refractivity contribution in [3.8, 4) is 0 Å². The summed E-state index contributed by atoms with van der Waals surface area (Å²) in [5.41, 5.74) is 1.01. The van der Waals surface area contributed by atoms with E-state index in [0.29, 0.717) is 5.11 Å². The summed E-state index contributed by atoms with van der Waals surface area (Å²) in [5.74, 6) is 0. The first-order chi connectivity index (χ1) is 8.84. The average Bonchev–Trinajstić information content (AvgIpc) is 2.93. The first-order valence-electron chi connectivity index (χ1n) is 5.62. The zero-order valence-corrected chi connectivity index (χ0v) is 10.4. The van der Waals surface area contributed by atoms with Crippen LogP contribution in [0.1, 0.15) is 0 Å². The molecule has 2 aromatic carbocycles. The van der Waals surface area contributed by atoms with Gasteiger partial charge in [-0.3, -0.25) is 4.57 Å². The van der Waals surface area contributed by atoms with Gasteiger partial charge in [-0.1, -0.05) is 36.4 Å². The summed E-state index contributed by atoms with van der Waals surface area (Å²) < 4.78 is 1.77. The Labute approximate surface area is 110 Å². The lowest BCUT2D eigenvalue weighted by Gasteiger charge is -2.10. The van der Waals surface area contributed by atoms with Crippen molar-refractivity contribution >= 4 is 33.8 Å². The second-order valence-electron chi connectivity index (χ2n) is 3.93. The summed E-state index contributed by atoms with van der Waals surface area (Å²) in [6.07, 6.45) is 5.21. The molecule has 1 heterocycles. The number of nitrogens with one attached hydrogen (secondary N) is 1. The number of imidazole rings is 1. The Morgan fingerprint density at radius 1 is 1.11 bits per heavy atom. The maximum absolute atomic E-state index is 5.33. The number of hydrogen-bond donors (Lipinski definition) is 1. The summed E-state index contributed by atoms with van der Waals surface area (Å²) in [7, 11) is 0. The molecule has 0 amide bonds. The molecule has 0 saturated heterocycles. The van der Waals surface area contributed by atoms with Gasteiger partial charge in [0.25, 0.3) is 0 Å². The Hall–Kier alpha value is -2.20. The SMILES string of the molecule is S=C(Nc1cccc2ccccc12)n1ccnc1. The highest BCUT2D eigenvalue weighted by molar-refractivity contribution is 7.80. The van der Waals surface area contributed by atoms with Crippen LogP contribution in [0.2, 0.25) is 0 Å². The summed E-state index contributed by atoms with van der Waals surface area (Å²) >= 11 is 5.33. The lowest BCUT2D eigenvalue weighted by Crippen LogP contribution is -2.17. The van der Waals surface area contributed by atoms with E-state index in [0.717, 1.165) is 11.1 Å². The minimum atomic E-state index is 0.615. The standard InChI is InChI=1S/C14H11N3S/c18-14(17-9-8-15-10-17)16-13-7-3-5-11-4-1-2-6-12(11)13/h1-10H,(H,16,18). The van der Waals surface area contributed by atoms with Gasteiger partial charge in [-0.25, -0.2) is 4.98 Å². The van der Waals surface area contributed by atoms with Crippen LogP contribution in [0.5, 0.6) is 0 Å². The molecule has 0 saturated carbocycles. The van der Waals surface area contributed by atoms with Crippen molar-refractivity contribution in [2.45, 2.75) is 0 Å². The van der Waals surface area contributed by atoms with Gasteiger partial charge in [0.1, 0.15) is 6.33 Å². The van der Waals surface area contributed by atoms with Crippen molar-refractivity contribution < 1.29 is 0 Å². The normalized spacial score (nSPS) is 10.4. The van der Waals surface area contributed by atoms with Crippen LogP contribution >= 0.6 is 12.2 Å². The Morgan fingerprint density at radius 2 is 1.94 bits per heavy atom. The largest absolute Gasteiger partial charge is 0.331 e. The first kappa shape index (κ1) is 10.9. The van der Waals surface area contributed by atoms with Gasteiger partial charge in [0.05, 0.1) is 0 Å². The third-order valence-corrected chi connectivity index (χ3v) is 3.08. The molecule has 88 valence electrons. The lowest BCUT2D eigenvalue weighted by atomic mass is 10.1. The van der Waals surface area contributed by atoms with Gasteiger partial charge in [-0.05, 0) is 23.7 Å². The molecule has 0 radical (unpaired) electrons. The molecule has 1 aromatic heterocycles. The maximum atomic E-state index is 5.33. The van der Waals surface area contributed by atoms with Gasteiger partial charge < -0.3 is 5.32 Å². The predicted molar refractivity (Wildman–Crippen MR) is 77.8 cm³/mol. The monoisotopic (exact) mass is 253 g/mol. The van der Waals surface area contributed by atoms with E-state index < -0.39 is 0 Å². The number of rotatable bonds is 1. The van der Waals surface area contributed by atoms with Crippen molar-refractivity contribution in [1.82, 2.24) is 9.55 Å². The van der Waals surface area contributed by atoms with Crippen LogP contribution in [0.3, 0.4) is 0 Å². The van der Waals surface area contributed by atoms with Gasteiger partial charge in [-0.2, -0.15) is 0 Å². The van der Waals surface area contributed by atoms with E-state index in [1.54, 1.807) is 17.1 Å². The fraction of sp³-hybridized carbons (Fsp3) is 0. The molecule has 0 spiro atoms. The molecule has 0 aliphatic heterocycles. The molecule has 0 bridgehead atoms. The number of aromatic nitrogens is 2. The first-order valence-corrected chi connectivity index (χ1v) is 6.02. The molecule has 3 aromatic rings. The van der Waals surface area contributed by atoms with Crippen LogP contribution in [0.15, 0.2) is 61.2 Å². The van der Waals surface area contributed by atoms with Gasteiger partial charge >= 0.3 is 0 Å². The fourth-order valence-corrected chi connectivity index (χ4v) is 2.11. The second-order valence-corrected chi connectivity index (χ2v) is 4.31. The molecule has 18 heavy (non-hydrogen) atoms. The van der Waals surface area contributed by atoms with Gasteiger partial charge in [0.15, 0.2) is 5.11 Å². The highest BCUT2D eigenvalue weighted by Crippen LogP contribution is 2.22. The molecule has 4 heteroatoms. The summed E-state index contributed by atoms with van der Waals surface area (Å²) in [4.78, 5) is 3.98. The zero-order chi connectivity index (χ0) is 12.4. The molecule has 0 fully saturated rings.